The van der Waals surface area contributed by atoms with Crippen molar-refractivity contribution in [3.63, 3.8) is 0 Å². The van der Waals surface area contributed by atoms with E-state index < -0.39 is 65.0 Å². The molecule has 4 atom stereocenters. The molecule has 3 aromatic rings. The van der Waals surface area contributed by atoms with Crippen LogP contribution in [-0.4, -0.2) is 55.1 Å². The van der Waals surface area contributed by atoms with Gasteiger partial charge in [-0.05, 0) is 65.1 Å². The van der Waals surface area contributed by atoms with Crippen molar-refractivity contribution in [2.45, 2.75) is 100 Å². The zero-order valence-corrected chi connectivity index (χ0v) is 31.6. The Morgan fingerprint density at radius 3 is 2.12 bits per heavy atom. The van der Waals surface area contributed by atoms with Crippen molar-refractivity contribution in [2.24, 2.45) is 11.7 Å². The van der Waals surface area contributed by atoms with Crippen LogP contribution in [0.15, 0.2) is 83.8 Å². The van der Waals surface area contributed by atoms with Gasteiger partial charge in [0, 0.05) is 6.42 Å². The smallest absolute Gasteiger partial charge is 0.243 e. The predicted molar refractivity (Wildman–Crippen MR) is 198 cm³/mol. The van der Waals surface area contributed by atoms with Crippen molar-refractivity contribution in [3.05, 3.63) is 101 Å². The minimum absolute atomic E-state index is 0.0725. The highest BCUT2D eigenvalue weighted by molar-refractivity contribution is 7.90. The van der Waals surface area contributed by atoms with Crippen molar-refractivity contribution in [1.29, 1.82) is 0 Å². The molecule has 52 heavy (non-hydrogen) atoms. The van der Waals surface area contributed by atoms with Crippen LogP contribution in [0, 0.1) is 11.7 Å². The standard InChI is InChI=1S/C38H50FN4O7PS/c1-38(2,3)29-17-19-31(20-18-29)52(49,50)43-35(24-27-13-8-5-9-14-27)51(47,48)25-34(44)41-33(22-26-11-6-4-7-12-26)37(46)42-32(36(40)45)23-28-15-10-16-30(39)21-28/h5,8-10,13-21,26,32-33,35,43H,4,6-7,11-12,22-25H2,1-3H3,(H2,40,45)(H,41,44)(H,42,46)(H,47,48)/t32-,33-,35?/m0/s1. The van der Waals surface area contributed by atoms with Crippen molar-refractivity contribution >= 4 is 35.1 Å². The maximum Gasteiger partial charge on any atom is 0.243 e. The molecule has 14 heteroatoms. The molecule has 4 rings (SSSR count). The first-order valence-electron chi connectivity index (χ1n) is 17.5. The molecule has 0 saturated heterocycles. The highest BCUT2D eigenvalue weighted by Gasteiger charge is 2.38. The van der Waals surface area contributed by atoms with Gasteiger partial charge in [0.1, 0.15) is 29.8 Å². The average molecular weight is 757 g/mol. The van der Waals surface area contributed by atoms with Gasteiger partial charge >= 0.3 is 0 Å². The van der Waals surface area contributed by atoms with Gasteiger partial charge in [0.15, 0.2) is 0 Å². The Balaban J connectivity index is 1.55. The van der Waals surface area contributed by atoms with Crippen LogP contribution < -0.4 is 21.1 Å². The number of carbonyl (C=O) groups is 3. The first kappa shape index (κ1) is 40.9. The van der Waals surface area contributed by atoms with Gasteiger partial charge in [-0.2, -0.15) is 4.72 Å². The van der Waals surface area contributed by atoms with E-state index in [1.165, 1.54) is 30.3 Å². The zero-order valence-electron chi connectivity index (χ0n) is 29.9. The van der Waals surface area contributed by atoms with Crippen LogP contribution in [0.2, 0.25) is 0 Å². The molecule has 11 nitrogen and oxygen atoms in total. The Kier molecular flexibility index (Phi) is 13.9. The largest absolute Gasteiger partial charge is 0.368 e. The van der Waals surface area contributed by atoms with Gasteiger partial charge in [0.25, 0.3) is 0 Å². The molecule has 3 aromatic carbocycles. The quantitative estimate of drug-likeness (QED) is 0.129. The van der Waals surface area contributed by atoms with Gasteiger partial charge in [0.2, 0.25) is 35.1 Å². The number of nitrogens with one attached hydrogen (secondary N) is 3. The van der Waals surface area contributed by atoms with E-state index in [9.17, 15) is 36.7 Å². The third-order valence-corrected chi connectivity index (χ3v) is 13.1. The second-order valence-corrected chi connectivity index (χ2v) is 18.8. The van der Waals surface area contributed by atoms with Crippen LogP contribution in [0.25, 0.3) is 0 Å². The highest BCUT2D eigenvalue weighted by atomic mass is 32.2. The zero-order chi connectivity index (χ0) is 38.1. The number of amides is 3. The summed E-state index contributed by atoms with van der Waals surface area (Å²) in [5, 5.41) is 5.18. The average Bonchev–Trinajstić information content (AvgIpc) is 3.07. The summed E-state index contributed by atoms with van der Waals surface area (Å²) in [5.41, 5.74) is 7.26. The lowest BCUT2D eigenvalue weighted by Gasteiger charge is -2.29. The summed E-state index contributed by atoms with van der Waals surface area (Å²) in [4.78, 5) is 50.9. The highest BCUT2D eigenvalue weighted by Crippen LogP contribution is 2.46. The number of carbonyl (C=O) groups excluding carboxylic acids is 3. The molecule has 0 spiro atoms. The van der Waals surface area contributed by atoms with Crippen molar-refractivity contribution in [2.75, 3.05) is 6.16 Å². The van der Waals surface area contributed by atoms with Gasteiger partial charge in [0.05, 0.1) is 4.90 Å². The van der Waals surface area contributed by atoms with E-state index >= 15 is 0 Å². The molecule has 282 valence electrons. The van der Waals surface area contributed by atoms with Crippen LogP contribution >= 0.6 is 7.37 Å². The molecule has 6 N–H and O–H groups in total. The fourth-order valence-corrected chi connectivity index (χ4v) is 9.79. The van der Waals surface area contributed by atoms with Crippen molar-refractivity contribution in [1.82, 2.24) is 15.4 Å². The second-order valence-electron chi connectivity index (χ2n) is 14.7. The lowest BCUT2D eigenvalue weighted by molar-refractivity contribution is -0.131. The Labute approximate surface area is 305 Å². The summed E-state index contributed by atoms with van der Waals surface area (Å²) in [7, 11) is -8.96. The number of hydrogen-bond donors (Lipinski definition) is 5. The lowest BCUT2D eigenvalue weighted by Crippen LogP contribution is -2.54. The molecule has 0 heterocycles. The Hall–Kier alpha value is -3.90. The fraction of sp³-hybridized carbons (Fsp3) is 0.447. The Bertz CT molecular complexity index is 1850. The van der Waals surface area contributed by atoms with E-state index in [0.717, 1.165) is 37.7 Å². The van der Waals surface area contributed by atoms with Gasteiger partial charge < -0.3 is 21.3 Å². The van der Waals surface area contributed by atoms with Crippen LogP contribution in [0.1, 0.15) is 76.0 Å². The molecule has 1 aliphatic rings. The second kappa shape index (κ2) is 17.7. The number of nitrogens with two attached hydrogens (primary N) is 1. The molecule has 0 aliphatic heterocycles. The number of hydrogen-bond acceptors (Lipinski definition) is 6. The van der Waals surface area contributed by atoms with E-state index in [2.05, 4.69) is 15.4 Å². The maximum atomic E-state index is 14.0. The van der Waals surface area contributed by atoms with Crippen LogP contribution in [-0.2, 0) is 47.2 Å². The molecular weight excluding hydrogens is 706 g/mol. The molecular formula is C38H50FN4O7PS. The van der Waals surface area contributed by atoms with E-state index in [1.54, 1.807) is 48.5 Å². The third kappa shape index (κ3) is 12.1. The van der Waals surface area contributed by atoms with E-state index in [0.29, 0.717) is 11.1 Å². The number of rotatable bonds is 16. The van der Waals surface area contributed by atoms with Crippen molar-refractivity contribution < 1.29 is 36.7 Å². The summed E-state index contributed by atoms with van der Waals surface area (Å²) in [6, 6.07) is 17.9. The third-order valence-electron chi connectivity index (χ3n) is 9.39. The summed E-state index contributed by atoms with van der Waals surface area (Å²) < 4.78 is 57.4. The molecule has 0 bridgehead atoms. The minimum Gasteiger partial charge on any atom is -0.368 e. The number of halogens is 1. The molecule has 1 saturated carbocycles. The molecule has 1 aliphatic carbocycles. The van der Waals surface area contributed by atoms with Crippen LogP contribution in [0.3, 0.4) is 0 Å². The van der Waals surface area contributed by atoms with E-state index in [1.807, 2.05) is 20.8 Å². The normalized spacial score (nSPS) is 16.9. The van der Waals surface area contributed by atoms with E-state index in [-0.39, 0.29) is 35.5 Å². The molecule has 3 amide bonds. The number of primary amides is 1. The summed E-state index contributed by atoms with van der Waals surface area (Å²) in [6.45, 7) is 5.97. The van der Waals surface area contributed by atoms with Crippen LogP contribution in [0.4, 0.5) is 4.39 Å². The lowest BCUT2D eigenvalue weighted by atomic mass is 9.84. The first-order valence-corrected chi connectivity index (χ1v) is 20.9. The van der Waals surface area contributed by atoms with E-state index in [4.69, 9.17) is 5.73 Å². The molecule has 0 radical (unpaired) electrons. The minimum atomic E-state index is -4.64. The topological polar surface area (TPSA) is 185 Å². The Morgan fingerprint density at radius 1 is 0.885 bits per heavy atom. The molecule has 1 fully saturated rings. The predicted octanol–water partition coefficient (Wildman–Crippen LogP) is 4.91. The molecule has 0 aromatic heterocycles. The van der Waals surface area contributed by atoms with Gasteiger partial charge in [-0.15, -0.1) is 0 Å². The summed E-state index contributed by atoms with van der Waals surface area (Å²) >= 11 is 0. The summed E-state index contributed by atoms with van der Waals surface area (Å²) in [6.07, 6.45) is 3.53. The first-order chi connectivity index (χ1) is 24.4. The molecule has 2 unspecified atom stereocenters. The fourth-order valence-electron chi connectivity index (χ4n) is 6.42. The number of benzene rings is 3. The van der Waals surface area contributed by atoms with Crippen LogP contribution in [0.5, 0.6) is 0 Å². The monoisotopic (exact) mass is 756 g/mol. The SMILES string of the molecule is CC(C)(C)c1ccc(S(=O)(=O)NC(Cc2ccccc2)P(=O)(O)CC(=O)N[C@@H](CC2CCCCC2)C(=O)N[C@@H](Cc2cccc(F)c2)C(N)=O)cc1. The van der Waals surface area contributed by atoms with Crippen molar-refractivity contribution in [3.8, 4) is 0 Å². The van der Waals surface area contributed by atoms with Gasteiger partial charge in [-0.25, -0.2) is 12.8 Å². The van der Waals surface area contributed by atoms with Gasteiger partial charge in [-0.1, -0.05) is 107 Å². The Morgan fingerprint density at radius 2 is 1.52 bits per heavy atom. The maximum absolute atomic E-state index is 14.0. The number of sulfonamides is 1. The van der Waals surface area contributed by atoms with Gasteiger partial charge in [-0.3, -0.25) is 18.9 Å². The summed E-state index contributed by atoms with van der Waals surface area (Å²) in [5.74, 6) is -4.53.